The fourth-order valence-electron chi connectivity index (χ4n) is 2.72. The van der Waals surface area contributed by atoms with Crippen molar-refractivity contribution in [2.45, 2.75) is 6.92 Å². The second-order valence-electron chi connectivity index (χ2n) is 5.45. The van der Waals surface area contributed by atoms with E-state index in [9.17, 15) is 9.50 Å². The summed E-state index contributed by atoms with van der Waals surface area (Å²) < 4.78 is 14.6. The maximum atomic E-state index is 13.4. The lowest BCUT2D eigenvalue weighted by molar-refractivity contribution is 0.469. The number of aryl methyl sites for hydroxylation is 1. The fraction of sp³-hybridized carbons (Fsp3) is 0.0556. The number of nitrogens with zero attached hydrogens (tertiary/aromatic N) is 1. The highest BCUT2D eigenvalue weighted by Gasteiger charge is 2.08. The first kappa shape index (κ1) is 14.0. The van der Waals surface area contributed by atoms with Gasteiger partial charge in [0.15, 0.2) is 0 Å². The van der Waals surface area contributed by atoms with Gasteiger partial charge in [-0.2, -0.15) is 0 Å². The van der Waals surface area contributed by atoms with E-state index in [1.165, 1.54) is 27.1 Å². The molecule has 0 atom stereocenters. The van der Waals surface area contributed by atoms with Gasteiger partial charge in [-0.3, -0.25) is 4.98 Å². The molecule has 23 heavy (non-hydrogen) atoms. The number of benzene rings is 2. The molecule has 4 rings (SSSR count). The van der Waals surface area contributed by atoms with Crippen molar-refractivity contribution in [2.75, 3.05) is 5.32 Å². The molecule has 4 aromatic rings. The van der Waals surface area contributed by atoms with Crippen molar-refractivity contribution in [3.8, 4) is 5.75 Å². The van der Waals surface area contributed by atoms with Gasteiger partial charge in [0.25, 0.3) is 0 Å². The van der Waals surface area contributed by atoms with Crippen LogP contribution in [0.5, 0.6) is 5.75 Å². The molecular formula is C18H13FN2OS. The molecule has 0 aliphatic carbocycles. The molecule has 0 bridgehead atoms. The van der Waals surface area contributed by atoms with Gasteiger partial charge in [0.2, 0.25) is 0 Å². The third-order valence-electron chi connectivity index (χ3n) is 3.66. The van der Waals surface area contributed by atoms with Crippen LogP contribution in [0, 0.1) is 12.7 Å². The van der Waals surface area contributed by atoms with Gasteiger partial charge in [-0.15, -0.1) is 11.3 Å². The third kappa shape index (κ3) is 2.59. The summed E-state index contributed by atoms with van der Waals surface area (Å²) in [4.78, 5) is 5.67. The van der Waals surface area contributed by atoms with Crippen molar-refractivity contribution in [1.29, 1.82) is 0 Å². The molecule has 0 aliphatic rings. The number of nitrogens with one attached hydrogen (secondary N) is 1. The predicted molar refractivity (Wildman–Crippen MR) is 93.2 cm³/mol. The summed E-state index contributed by atoms with van der Waals surface area (Å²) >= 11 is 1.73. The van der Waals surface area contributed by atoms with E-state index in [0.29, 0.717) is 5.69 Å². The minimum Gasteiger partial charge on any atom is -0.508 e. The lowest BCUT2D eigenvalue weighted by atomic mass is 10.1. The molecule has 0 radical (unpaired) electrons. The summed E-state index contributed by atoms with van der Waals surface area (Å²) in [5, 5.41) is 14.8. The number of pyridine rings is 1. The Morgan fingerprint density at radius 1 is 1.13 bits per heavy atom. The zero-order valence-electron chi connectivity index (χ0n) is 12.3. The van der Waals surface area contributed by atoms with E-state index in [-0.39, 0.29) is 5.75 Å². The van der Waals surface area contributed by atoms with E-state index >= 15 is 0 Å². The summed E-state index contributed by atoms with van der Waals surface area (Å²) in [6.07, 6.45) is 1.72. The van der Waals surface area contributed by atoms with E-state index in [4.69, 9.17) is 0 Å². The largest absolute Gasteiger partial charge is 0.508 e. The first-order valence-electron chi connectivity index (χ1n) is 7.14. The van der Waals surface area contributed by atoms with Crippen molar-refractivity contribution < 1.29 is 9.50 Å². The minimum absolute atomic E-state index is 0.109. The number of halogens is 1. The Labute approximate surface area is 136 Å². The summed E-state index contributed by atoms with van der Waals surface area (Å²) in [7, 11) is 0. The Kier molecular flexibility index (Phi) is 3.16. The van der Waals surface area contributed by atoms with Crippen LogP contribution < -0.4 is 5.32 Å². The van der Waals surface area contributed by atoms with Gasteiger partial charge < -0.3 is 10.4 Å². The highest BCUT2D eigenvalue weighted by Crippen LogP contribution is 2.33. The average Bonchev–Trinajstić information content (AvgIpc) is 2.83. The molecule has 2 aromatic carbocycles. The Balaban J connectivity index is 1.87. The normalized spacial score (nSPS) is 11.2. The molecule has 5 heteroatoms. The zero-order chi connectivity index (χ0) is 16.0. The molecule has 3 nitrogen and oxygen atoms in total. The standard InChI is InChI=1S/C18H13FN2OS/c1-10-4-11-5-17-15(9-18(11)23-10)16(2-3-20-17)21-13-6-12(19)7-14(22)8-13/h2-9,22H,1H3,(H,20,21). The number of aromatic nitrogens is 1. The van der Waals surface area contributed by atoms with Crippen molar-refractivity contribution >= 4 is 43.7 Å². The molecule has 2 heterocycles. The molecule has 0 amide bonds. The average molecular weight is 324 g/mol. The number of rotatable bonds is 2. The zero-order valence-corrected chi connectivity index (χ0v) is 13.1. The lowest BCUT2D eigenvalue weighted by Crippen LogP contribution is -1.93. The summed E-state index contributed by atoms with van der Waals surface area (Å²) in [6.45, 7) is 2.08. The van der Waals surface area contributed by atoms with Gasteiger partial charge in [-0.05, 0) is 42.6 Å². The van der Waals surface area contributed by atoms with Crippen LogP contribution in [-0.4, -0.2) is 10.1 Å². The van der Waals surface area contributed by atoms with Crippen molar-refractivity contribution in [1.82, 2.24) is 4.98 Å². The molecule has 2 aromatic heterocycles. The van der Waals surface area contributed by atoms with Crippen LogP contribution in [0.1, 0.15) is 4.88 Å². The van der Waals surface area contributed by atoms with Crippen molar-refractivity contribution in [3.63, 3.8) is 0 Å². The highest BCUT2D eigenvalue weighted by atomic mass is 32.1. The molecule has 0 fully saturated rings. The number of phenolic OH excluding ortho intramolecular Hbond substituents is 1. The molecule has 114 valence electrons. The number of hydrogen-bond acceptors (Lipinski definition) is 4. The van der Waals surface area contributed by atoms with Crippen LogP contribution in [0.15, 0.2) is 48.7 Å². The summed E-state index contributed by atoms with van der Waals surface area (Å²) in [5.41, 5.74) is 2.20. The van der Waals surface area contributed by atoms with Crippen molar-refractivity contribution in [3.05, 3.63) is 59.4 Å². The Hall–Kier alpha value is -2.66. The van der Waals surface area contributed by atoms with Crippen molar-refractivity contribution in [2.24, 2.45) is 0 Å². The second-order valence-corrected chi connectivity index (χ2v) is 6.73. The molecule has 0 saturated carbocycles. The maximum absolute atomic E-state index is 13.4. The van der Waals surface area contributed by atoms with Gasteiger partial charge in [-0.1, -0.05) is 0 Å². The topological polar surface area (TPSA) is 45.2 Å². The second kappa shape index (κ2) is 5.21. The van der Waals surface area contributed by atoms with Crippen LogP contribution in [0.25, 0.3) is 21.0 Å². The number of thiophene rings is 1. The fourth-order valence-corrected chi connectivity index (χ4v) is 3.67. The Morgan fingerprint density at radius 2 is 2.00 bits per heavy atom. The number of fused-ring (bicyclic) bond motifs is 2. The monoisotopic (exact) mass is 324 g/mol. The quantitative estimate of drug-likeness (QED) is 0.523. The highest BCUT2D eigenvalue weighted by molar-refractivity contribution is 7.19. The minimum atomic E-state index is -0.484. The van der Waals surface area contributed by atoms with E-state index in [1.54, 1.807) is 17.5 Å². The predicted octanol–water partition coefficient (Wildman–Crippen LogP) is 5.35. The van der Waals surface area contributed by atoms with Crippen LogP contribution >= 0.6 is 11.3 Å². The van der Waals surface area contributed by atoms with Crippen LogP contribution in [0.4, 0.5) is 15.8 Å². The number of aromatic hydroxyl groups is 1. The van der Waals surface area contributed by atoms with E-state index in [0.717, 1.165) is 22.7 Å². The Bertz CT molecular complexity index is 1020. The van der Waals surface area contributed by atoms with Gasteiger partial charge in [0.05, 0.1) is 5.52 Å². The van der Waals surface area contributed by atoms with Crippen LogP contribution in [0.3, 0.4) is 0 Å². The van der Waals surface area contributed by atoms with Gasteiger partial charge >= 0.3 is 0 Å². The first-order chi connectivity index (χ1) is 11.1. The third-order valence-corrected chi connectivity index (χ3v) is 4.68. The first-order valence-corrected chi connectivity index (χ1v) is 7.96. The maximum Gasteiger partial charge on any atom is 0.128 e. The molecule has 0 saturated heterocycles. The van der Waals surface area contributed by atoms with Crippen LogP contribution in [-0.2, 0) is 0 Å². The number of phenols is 1. The van der Waals surface area contributed by atoms with E-state index in [1.807, 2.05) is 6.07 Å². The summed E-state index contributed by atoms with van der Waals surface area (Å²) in [6, 6.07) is 12.1. The van der Waals surface area contributed by atoms with Crippen LogP contribution in [0.2, 0.25) is 0 Å². The van der Waals surface area contributed by atoms with Gasteiger partial charge in [0.1, 0.15) is 11.6 Å². The number of anilines is 2. The Morgan fingerprint density at radius 3 is 2.83 bits per heavy atom. The van der Waals surface area contributed by atoms with Gasteiger partial charge in [0, 0.05) is 44.7 Å². The summed E-state index contributed by atoms with van der Waals surface area (Å²) in [5.74, 6) is -0.593. The SMILES string of the molecule is Cc1cc2cc3nccc(Nc4cc(O)cc(F)c4)c3cc2s1. The van der Waals surface area contributed by atoms with E-state index < -0.39 is 5.82 Å². The molecule has 2 N–H and O–H groups in total. The smallest absolute Gasteiger partial charge is 0.128 e. The molecule has 0 aliphatic heterocycles. The molecular weight excluding hydrogens is 311 g/mol. The van der Waals surface area contributed by atoms with E-state index in [2.05, 4.69) is 35.4 Å². The molecule has 0 spiro atoms. The lowest BCUT2D eigenvalue weighted by Gasteiger charge is -2.10. The van der Waals surface area contributed by atoms with Gasteiger partial charge in [-0.25, -0.2) is 4.39 Å². The molecule has 0 unspecified atom stereocenters. The number of hydrogen-bond donors (Lipinski definition) is 2.